The van der Waals surface area contributed by atoms with E-state index in [1.165, 1.54) is 47.9 Å². The van der Waals surface area contributed by atoms with Gasteiger partial charge in [-0.1, -0.05) is 11.3 Å². The second kappa shape index (κ2) is 6.00. The van der Waals surface area contributed by atoms with Crippen LogP contribution in [0.25, 0.3) is 0 Å². The molecule has 1 aliphatic heterocycles. The summed E-state index contributed by atoms with van der Waals surface area (Å²) in [4.78, 5) is 11.3. The van der Waals surface area contributed by atoms with E-state index in [0.717, 1.165) is 13.0 Å². The lowest BCUT2D eigenvalue weighted by Crippen LogP contribution is -2.45. The molecule has 1 saturated heterocycles. The molecule has 1 aromatic heterocycles. The lowest BCUT2D eigenvalue weighted by atomic mass is 9.98. The fourth-order valence-electron chi connectivity index (χ4n) is 3.44. The number of nitrogens with one attached hydrogen (secondary N) is 1. The van der Waals surface area contributed by atoms with E-state index in [0.29, 0.717) is 12.1 Å². The van der Waals surface area contributed by atoms with E-state index in [9.17, 15) is 0 Å². The monoisotopic (exact) mass is 294 g/mol. The Bertz CT molecular complexity index is 459. The third-order valence-electron chi connectivity index (χ3n) is 4.74. The molecule has 5 heteroatoms. The molecule has 1 aromatic rings. The molecule has 0 amide bonds. The van der Waals surface area contributed by atoms with E-state index >= 15 is 0 Å². The Hall–Kier alpha value is -0.650. The van der Waals surface area contributed by atoms with Crippen LogP contribution in [0.1, 0.15) is 42.3 Å². The van der Waals surface area contributed by atoms with E-state index in [1.54, 1.807) is 0 Å². The second-order valence-electron chi connectivity index (χ2n) is 6.21. The first-order valence-corrected chi connectivity index (χ1v) is 8.59. The Morgan fingerprint density at radius 1 is 1.35 bits per heavy atom. The summed E-state index contributed by atoms with van der Waals surface area (Å²) in [6.45, 7) is 2.40. The highest BCUT2D eigenvalue weighted by atomic mass is 32.1. The molecule has 20 heavy (non-hydrogen) atoms. The third-order valence-corrected chi connectivity index (χ3v) is 6.04. The quantitative estimate of drug-likeness (QED) is 0.927. The maximum atomic E-state index is 4.94. The summed E-state index contributed by atoms with van der Waals surface area (Å²) < 4.78 is 0. The number of fused-ring (bicyclic) bond motifs is 1. The van der Waals surface area contributed by atoms with Crippen molar-refractivity contribution in [1.29, 1.82) is 0 Å². The summed E-state index contributed by atoms with van der Waals surface area (Å²) in [5, 5.41) is 4.66. The van der Waals surface area contributed by atoms with E-state index in [4.69, 9.17) is 4.98 Å². The van der Waals surface area contributed by atoms with E-state index in [-0.39, 0.29) is 0 Å². The highest BCUT2D eigenvalue weighted by molar-refractivity contribution is 7.15. The van der Waals surface area contributed by atoms with Crippen molar-refractivity contribution in [2.24, 2.45) is 0 Å². The van der Waals surface area contributed by atoms with Gasteiger partial charge < -0.3 is 15.1 Å². The number of aromatic nitrogens is 1. The lowest BCUT2D eigenvalue weighted by Gasteiger charge is -2.35. The highest BCUT2D eigenvalue weighted by Crippen LogP contribution is 2.38. The number of hydrogen-bond donors (Lipinski definition) is 1. The first kappa shape index (κ1) is 14.3. The average molecular weight is 294 g/mol. The van der Waals surface area contributed by atoms with Crippen LogP contribution in [0, 0.1) is 0 Å². The maximum Gasteiger partial charge on any atom is 0.185 e. The highest BCUT2D eigenvalue weighted by Gasteiger charge is 2.27. The molecule has 1 aliphatic carbocycles. The number of likely N-dealkylation sites (N-methyl/N-ethyl adjacent to an activating group) is 2. The molecule has 0 spiro atoms. The van der Waals surface area contributed by atoms with Gasteiger partial charge in [0.1, 0.15) is 0 Å². The van der Waals surface area contributed by atoms with Gasteiger partial charge >= 0.3 is 0 Å². The summed E-state index contributed by atoms with van der Waals surface area (Å²) in [5.74, 6) is 0. The van der Waals surface area contributed by atoms with Crippen molar-refractivity contribution in [2.45, 2.75) is 44.2 Å². The smallest absolute Gasteiger partial charge is 0.185 e. The zero-order valence-corrected chi connectivity index (χ0v) is 13.7. The largest absolute Gasteiger partial charge is 0.347 e. The van der Waals surface area contributed by atoms with Crippen molar-refractivity contribution < 1.29 is 0 Å². The molecule has 4 nitrogen and oxygen atoms in total. The normalized spacial score (nSPS) is 27.4. The summed E-state index contributed by atoms with van der Waals surface area (Å²) in [6, 6.07) is 1.14. The molecule has 0 saturated carbocycles. The fourth-order valence-corrected chi connectivity index (χ4v) is 4.73. The molecule has 2 aliphatic rings. The number of hydrogen-bond acceptors (Lipinski definition) is 5. The van der Waals surface area contributed by atoms with Crippen LogP contribution < -0.4 is 10.2 Å². The van der Waals surface area contributed by atoms with Crippen molar-refractivity contribution in [1.82, 2.24) is 15.2 Å². The number of likely N-dealkylation sites (tertiary alicyclic amines) is 1. The van der Waals surface area contributed by atoms with Crippen LogP contribution in [0.4, 0.5) is 5.13 Å². The number of nitrogens with zero attached hydrogens (tertiary/aromatic N) is 3. The number of piperidine rings is 1. The van der Waals surface area contributed by atoms with Crippen molar-refractivity contribution in [3.8, 4) is 0 Å². The summed E-state index contributed by atoms with van der Waals surface area (Å²) in [6.07, 6.45) is 6.26. The predicted octanol–water partition coefficient (Wildman–Crippen LogP) is 2.27. The van der Waals surface area contributed by atoms with Gasteiger partial charge in [0.05, 0.1) is 5.69 Å². The van der Waals surface area contributed by atoms with Crippen molar-refractivity contribution >= 4 is 16.5 Å². The Labute approximate surface area is 126 Å². The molecule has 3 rings (SSSR count). The van der Waals surface area contributed by atoms with Gasteiger partial charge in [0.15, 0.2) is 5.13 Å². The van der Waals surface area contributed by atoms with Crippen molar-refractivity contribution in [2.75, 3.05) is 39.1 Å². The zero-order chi connectivity index (χ0) is 14.1. The second-order valence-corrected chi connectivity index (χ2v) is 7.22. The first-order chi connectivity index (χ1) is 9.69. The molecule has 112 valence electrons. The van der Waals surface area contributed by atoms with Crippen LogP contribution in [0.3, 0.4) is 0 Å². The van der Waals surface area contributed by atoms with Gasteiger partial charge in [0.25, 0.3) is 0 Å². The molecule has 1 fully saturated rings. The molecule has 0 radical (unpaired) electrons. The Kier molecular flexibility index (Phi) is 4.29. The van der Waals surface area contributed by atoms with Gasteiger partial charge in [0, 0.05) is 30.6 Å². The predicted molar refractivity (Wildman–Crippen MR) is 85.8 cm³/mol. The molecule has 2 atom stereocenters. The fraction of sp³-hybridized carbons (Fsp3) is 0.800. The topological polar surface area (TPSA) is 31.4 Å². The minimum Gasteiger partial charge on any atom is -0.347 e. The molecular weight excluding hydrogens is 268 g/mol. The van der Waals surface area contributed by atoms with Gasteiger partial charge in [-0.3, -0.25) is 0 Å². The van der Waals surface area contributed by atoms with Gasteiger partial charge in [-0.2, -0.15) is 0 Å². The van der Waals surface area contributed by atoms with Crippen molar-refractivity contribution in [3.05, 3.63) is 10.6 Å². The van der Waals surface area contributed by atoms with E-state index in [1.807, 2.05) is 11.3 Å². The molecule has 2 heterocycles. The van der Waals surface area contributed by atoms with Crippen LogP contribution in [0.5, 0.6) is 0 Å². The number of rotatable bonds is 3. The molecule has 1 N–H and O–H groups in total. The number of thiazole rings is 1. The Morgan fingerprint density at radius 3 is 2.95 bits per heavy atom. The van der Waals surface area contributed by atoms with Crippen LogP contribution >= 0.6 is 11.3 Å². The molecular formula is C15H26N4S. The van der Waals surface area contributed by atoms with Crippen LogP contribution in [-0.2, 0) is 6.42 Å². The number of aryl methyl sites for hydroxylation is 1. The molecule has 0 aromatic carbocycles. The summed E-state index contributed by atoms with van der Waals surface area (Å²) >= 11 is 1.90. The molecule has 2 unspecified atom stereocenters. The Morgan fingerprint density at radius 2 is 2.20 bits per heavy atom. The minimum atomic E-state index is 0.521. The van der Waals surface area contributed by atoms with Crippen LogP contribution in [0.15, 0.2) is 0 Å². The van der Waals surface area contributed by atoms with E-state index < -0.39 is 0 Å². The molecule has 0 bridgehead atoms. The van der Waals surface area contributed by atoms with Crippen molar-refractivity contribution in [3.63, 3.8) is 0 Å². The van der Waals surface area contributed by atoms with Gasteiger partial charge in [-0.05, 0) is 52.7 Å². The standard InChI is InChI=1S/C15H26N4S/c1-16-12-7-4-8-13-14(12)20-15(17-13)19(3)11-6-5-9-18(2)10-11/h11-12,16H,4-10H2,1-3H3. The third kappa shape index (κ3) is 2.71. The van der Waals surface area contributed by atoms with Gasteiger partial charge in [0.2, 0.25) is 0 Å². The number of anilines is 1. The maximum absolute atomic E-state index is 4.94. The van der Waals surface area contributed by atoms with E-state index in [2.05, 4.69) is 36.3 Å². The minimum absolute atomic E-state index is 0.521. The van der Waals surface area contributed by atoms with Gasteiger partial charge in [-0.15, -0.1) is 0 Å². The first-order valence-electron chi connectivity index (χ1n) is 7.77. The summed E-state index contributed by atoms with van der Waals surface area (Å²) in [7, 11) is 6.52. The summed E-state index contributed by atoms with van der Waals surface area (Å²) in [5.41, 5.74) is 1.34. The van der Waals surface area contributed by atoms with Crippen LogP contribution in [0.2, 0.25) is 0 Å². The Balaban J connectivity index is 1.78. The average Bonchev–Trinajstić information content (AvgIpc) is 2.90. The SMILES string of the molecule is CNC1CCCc2nc(N(C)C3CCCN(C)C3)sc21. The lowest BCUT2D eigenvalue weighted by molar-refractivity contribution is 0.248. The van der Waals surface area contributed by atoms with Gasteiger partial charge in [-0.25, -0.2) is 4.98 Å². The van der Waals surface area contributed by atoms with Crippen LogP contribution in [-0.4, -0.2) is 50.2 Å². The zero-order valence-electron chi connectivity index (χ0n) is 12.9.